The SMILES string of the molecule is CCCC[C](CCCC)(CCCC)[Sn][c]1sc2cncn2c1CNC=O. The summed E-state index contributed by atoms with van der Waals surface area (Å²) in [5, 5.41) is 2.89. The minimum atomic E-state index is -0.790. The number of hydrogen-bond acceptors (Lipinski definition) is 3. The third-order valence-electron chi connectivity index (χ3n) is 5.12. The number of amides is 1. The molecule has 0 aromatic carbocycles. The van der Waals surface area contributed by atoms with E-state index in [9.17, 15) is 4.79 Å². The van der Waals surface area contributed by atoms with E-state index in [1.165, 1.54) is 68.3 Å². The molecule has 0 bridgehead atoms. The van der Waals surface area contributed by atoms with E-state index in [4.69, 9.17) is 0 Å². The first kappa shape index (κ1) is 21.7. The van der Waals surface area contributed by atoms with Crippen molar-refractivity contribution in [1.82, 2.24) is 14.7 Å². The average Bonchev–Trinajstić information content (AvgIpc) is 3.22. The second-order valence-corrected chi connectivity index (χ2v) is 14.4. The number of nitrogens with zero attached hydrogens (tertiary/aromatic N) is 2. The number of nitrogens with one attached hydrogen (secondary N) is 1. The predicted octanol–water partition coefficient (Wildman–Crippen LogP) is 4.70. The molecule has 6 heteroatoms. The van der Waals surface area contributed by atoms with E-state index in [2.05, 4.69) is 35.5 Å². The van der Waals surface area contributed by atoms with Gasteiger partial charge in [0.1, 0.15) is 0 Å². The Kier molecular flexibility index (Phi) is 9.46. The number of carbonyl (C=O) groups excluding carboxylic acids is 1. The number of hydrogen-bond donors (Lipinski definition) is 1. The van der Waals surface area contributed by atoms with Gasteiger partial charge in [-0.25, -0.2) is 0 Å². The third kappa shape index (κ3) is 5.72. The van der Waals surface area contributed by atoms with Crippen LogP contribution in [0, 0.1) is 0 Å². The zero-order valence-corrected chi connectivity index (χ0v) is 20.2. The Balaban J connectivity index is 2.33. The van der Waals surface area contributed by atoms with E-state index in [1.54, 1.807) is 2.89 Å². The number of rotatable bonds is 14. The molecular formula is C20H33N3OSSn. The summed E-state index contributed by atoms with van der Waals surface area (Å²) in [6, 6.07) is 0. The Hall–Kier alpha value is -0.561. The molecule has 2 radical (unpaired) electrons. The zero-order valence-electron chi connectivity index (χ0n) is 16.5. The fraction of sp³-hybridized carbons (Fsp3) is 0.700. The van der Waals surface area contributed by atoms with Crippen LogP contribution in [0.2, 0.25) is 3.43 Å². The number of carbonyl (C=O) groups is 1. The number of fused-ring (bicyclic) bond motifs is 1. The molecule has 4 nitrogen and oxygen atoms in total. The van der Waals surface area contributed by atoms with Gasteiger partial charge in [-0.05, 0) is 0 Å². The molecule has 2 aromatic heterocycles. The molecule has 26 heavy (non-hydrogen) atoms. The first-order valence-corrected chi connectivity index (χ1v) is 13.8. The number of thiazole rings is 1. The maximum atomic E-state index is 10.9. The average molecular weight is 482 g/mol. The molecule has 0 aliphatic heterocycles. The summed E-state index contributed by atoms with van der Waals surface area (Å²) < 4.78 is 4.36. The van der Waals surface area contributed by atoms with Crippen LogP contribution in [0.1, 0.15) is 84.3 Å². The van der Waals surface area contributed by atoms with Crippen LogP contribution in [0.5, 0.6) is 0 Å². The van der Waals surface area contributed by atoms with Crippen LogP contribution in [0.25, 0.3) is 4.83 Å². The van der Waals surface area contributed by atoms with Crippen LogP contribution in [-0.2, 0) is 11.3 Å². The fourth-order valence-corrected chi connectivity index (χ4v) is 12.3. The summed E-state index contributed by atoms with van der Waals surface area (Å²) in [4.78, 5) is 16.4. The molecule has 0 unspecified atom stereocenters. The van der Waals surface area contributed by atoms with E-state index >= 15 is 0 Å². The summed E-state index contributed by atoms with van der Waals surface area (Å²) >= 11 is 1.14. The van der Waals surface area contributed by atoms with Gasteiger partial charge in [0.25, 0.3) is 0 Å². The van der Waals surface area contributed by atoms with E-state index in [0.717, 1.165) is 6.41 Å². The van der Waals surface area contributed by atoms with Crippen molar-refractivity contribution in [2.45, 2.75) is 88.5 Å². The van der Waals surface area contributed by atoms with Crippen molar-refractivity contribution in [2.75, 3.05) is 0 Å². The molecule has 0 aliphatic carbocycles. The minimum absolute atomic E-state index is 0.567. The summed E-state index contributed by atoms with van der Waals surface area (Å²) in [6.45, 7) is 7.57. The second-order valence-electron chi connectivity index (χ2n) is 7.19. The van der Waals surface area contributed by atoms with Crippen LogP contribution < -0.4 is 8.21 Å². The summed E-state index contributed by atoms with van der Waals surface area (Å²) in [5.74, 6) is 0. The van der Waals surface area contributed by atoms with E-state index in [0.29, 0.717) is 9.98 Å². The molecule has 2 heterocycles. The van der Waals surface area contributed by atoms with Crippen molar-refractivity contribution in [3.8, 4) is 0 Å². The Morgan fingerprint density at radius 1 is 1.15 bits per heavy atom. The second kappa shape index (κ2) is 11.3. The van der Waals surface area contributed by atoms with Gasteiger partial charge in [0.05, 0.1) is 0 Å². The van der Waals surface area contributed by atoms with Gasteiger partial charge < -0.3 is 0 Å². The normalized spacial score (nSPS) is 12.0. The monoisotopic (exact) mass is 483 g/mol. The van der Waals surface area contributed by atoms with E-state index in [1.807, 2.05) is 23.9 Å². The zero-order chi connectivity index (χ0) is 18.8. The van der Waals surface area contributed by atoms with Crippen LogP contribution in [0.15, 0.2) is 12.5 Å². The maximum absolute atomic E-state index is 10.9. The Bertz CT molecular complexity index is 645. The van der Waals surface area contributed by atoms with Crippen molar-refractivity contribution in [3.05, 3.63) is 18.2 Å². The van der Waals surface area contributed by atoms with Gasteiger partial charge >= 0.3 is 173 Å². The number of imidazole rings is 1. The first-order valence-electron chi connectivity index (χ1n) is 10.1. The Morgan fingerprint density at radius 2 is 1.77 bits per heavy atom. The first-order chi connectivity index (χ1) is 12.7. The van der Waals surface area contributed by atoms with E-state index in [-0.39, 0.29) is 0 Å². The molecule has 1 amide bonds. The van der Waals surface area contributed by atoms with Crippen LogP contribution in [0.4, 0.5) is 0 Å². The molecule has 2 aromatic rings. The van der Waals surface area contributed by atoms with Crippen molar-refractivity contribution in [3.63, 3.8) is 0 Å². The van der Waals surface area contributed by atoms with Crippen LogP contribution in [-0.4, -0.2) is 36.9 Å². The van der Waals surface area contributed by atoms with Crippen LogP contribution in [0.3, 0.4) is 0 Å². The third-order valence-corrected chi connectivity index (χ3v) is 12.8. The van der Waals surface area contributed by atoms with Gasteiger partial charge in [0.15, 0.2) is 0 Å². The molecule has 0 saturated carbocycles. The van der Waals surface area contributed by atoms with E-state index < -0.39 is 21.1 Å². The molecule has 1 N–H and O–H groups in total. The predicted molar refractivity (Wildman–Crippen MR) is 113 cm³/mol. The molecule has 0 spiro atoms. The van der Waals surface area contributed by atoms with Crippen molar-refractivity contribution < 1.29 is 4.79 Å². The van der Waals surface area contributed by atoms with Crippen molar-refractivity contribution >= 4 is 46.6 Å². The summed E-state index contributed by atoms with van der Waals surface area (Å²) in [5.41, 5.74) is 1.29. The van der Waals surface area contributed by atoms with Gasteiger partial charge in [0, 0.05) is 0 Å². The molecule has 0 fully saturated rings. The summed E-state index contributed by atoms with van der Waals surface area (Å²) in [6.07, 6.45) is 16.8. The fourth-order valence-electron chi connectivity index (χ4n) is 3.58. The quantitative estimate of drug-likeness (QED) is 0.314. The molecular weight excluding hydrogens is 449 g/mol. The molecule has 0 atom stereocenters. The number of unbranched alkanes of at least 4 members (excludes halogenated alkanes) is 3. The van der Waals surface area contributed by atoms with Crippen molar-refractivity contribution in [1.29, 1.82) is 0 Å². The molecule has 0 saturated heterocycles. The Labute approximate surface area is 172 Å². The Morgan fingerprint density at radius 3 is 2.31 bits per heavy atom. The molecule has 2 rings (SSSR count). The van der Waals surface area contributed by atoms with Gasteiger partial charge in [-0.2, -0.15) is 0 Å². The molecule has 0 aliphatic rings. The number of aromatic nitrogens is 2. The topological polar surface area (TPSA) is 46.4 Å². The summed E-state index contributed by atoms with van der Waals surface area (Å²) in [7, 11) is 0. The van der Waals surface area contributed by atoms with Gasteiger partial charge in [-0.1, -0.05) is 0 Å². The van der Waals surface area contributed by atoms with Gasteiger partial charge in [0.2, 0.25) is 0 Å². The van der Waals surface area contributed by atoms with Gasteiger partial charge in [-0.15, -0.1) is 0 Å². The van der Waals surface area contributed by atoms with Gasteiger partial charge in [-0.3, -0.25) is 0 Å². The standard InChI is InChI=1S/C13H27.C7H6N3OS.Sn/c1-4-7-10-13(11-8-5-2)12-9-6-3;11-5-9-1-6-3-12-7-2-8-4-10(6)7;/h4-12H2,1-3H3;2,4-5H,1H2,(H,9,11);. The van der Waals surface area contributed by atoms with Crippen LogP contribution >= 0.6 is 11.3 Å². The van der Waals surface area contributed by atoms with Crippen molar-refractivity contribution in [2.24, 2.45) is 0 Å². The molecule has 144 valence electrons.